The Balaban J connectivity index is 2.51. The number of rotatable bonds is 2. The Morgan fingerprint density at radius 1 is 1.50 bits per heavy atom. The van der Waals surface area contributed by atoms with Gasteiger partial charge in [-0.1, -0.05) is 11.3 Å². The summed E-state index contributed by atoms with van der Waals surface area (Å²) in [6.07, 6.45) is 0. The van der Waals surface area contributed by atoms with Gasteiger partial charge in [0, 0.05) is 12.7 Å². The maximum Gasteiger partial charge on any atom is 0.210 e. The summed E-state index contributed by atoms with van der Waals surface area (Å²) in [5.74, 6) is 0. The van der Waals surface area contributed by atoms with Crippen molar-refractivity contribution in [2.45, 2.75) is 0 Å². The highest BCUT2D eigenvalue weighted by atomic mass is 32.1. The van der Waals surface area contributed by atoms with Gasteiger partial charge in [-0.25, -0.2) is 10.0 Å². The summed E-state index contributed by atoms with van der Waals surface area (Å²) < 4.78 is 1.11. The third kappa shape index (κ3) is 1.51. The Morgan fingerprint density at radius 2 is 2.29 bits per heavy atom. The van der Waals surface area contributed by atoms with E-state index in [9.17, 15) is 0 Å². The van der Waals surface area contributed by atoms with Crippen LogP contribution in [0.4, 0.5) is 10.8 Å². The second kappa shape index (κ2) is 3.43. The average Bonchev–Trinajstić information content (AvgIpc) is 2.59. The van der Waals surface area contributed by atoms with E-state index in [2.05, 4.69) is 4.98 Å². The van der Waals surface area contributed by atoms with Crippen molar-refractivity contribution in [3.8, 4) is 0 Å². The molecule has 0 spiro atoms. The molecule has 0 amide bonds. The Kier molecular flexibility index (Phi) is 2.26. The van der Waals surface area contributed by atoms with Gasteiger partial charge < -0.3 is 5.73 Å². The number of nitrogen functional groups attached to an aromatic ring is 1. The van der Waals surface area contributed by atoms with Gasteiger partial charge in [0.15, 0.2) is 0 Å². The van der Waals surface area contributed by atoms with Crippen molar-refractivity contribution in [3.05, 3.63) is 18.2 Å². The molecule has 0 aliphatic heterocycles. The molecule has 1 aromatic heterocycles. The molecule has 0 saturated heterocycles. The van der Waals surface area contributed by atoms with Crippen molar-refractivity contribution in [1.29, 1.82) is 0 Å². The van der Waals surface area contributed by atoms with Gasteiger partial charge in [-0.3, -0.25) is 4.84 Å². The first-order valence-corrected chi connectivity index (χ1v) is 4.96. The molecule has 0 fully saturated rings. The molecule has 14 heavy (non-hydrogen) atoms. The molecule has 5 heteroatoms. The number of nitrogens with zero attached hydrogens (tertiary/aromatic N) is 2. The van der Waals surface area contributed by atoms with Crippen LogP contribution in [0.5, 0.6) is 0 Å². The summed E-state index contributed by atoms with van der Waals surface area (Å²) >= 11 is 1.57. The normalized spacial score (nSPS) is 10.7. The molecular weight excluding hydrogens is 198 g/mol. The summed E-state index contributed by atoms with van der Waals surface area (Å²) in [4.78, 5) is 9.43. The lowest BCUT2D eigenvalue weighted by atomic mass is 10.3. The Labute approximate surface area is 85.9 Å². The number of fused-ring (bicyclic) bond motifs is 1. The Morgan fingerprint density at radius 3 is 3.00 bits per heavy atom. The third-order valence-corrected chi connectivity index (χ3v) is 3.04. The van der Waals surface area contributed by atoms with Crippen LogP contribution in [0.3, 0.4) is 0 Å². The second-order valence-electron chi connectivity index (χ2n) is 2.90. The van der Waals surface area contributed by atoms with Crippen molar-refractivity contribution in [1.82, 2.24) is 4.98 Å². The van der Waals surface area contributed by atoms with Crippen LogP contribution in [0.1, 0.15) is 0 Å². The van der Waals surface area contributed by atoms with E-state index in [-0.39, 0.29) is 0 Å². The van der Waals surface area contributed by atoms with Crippen LogP contribution in [0, 0.1) is 0 Å². The van der Waals surface area contributed by atoms with Crippen LogP contribution in [0.25, 0.3) is 10.2 Å². The number of anilines is 2. The van der Waals surface area contributed by atoms with Gasteiger partial charge in [0.1, 0.15) is 0 Å². The fourth-order valence-corrected chi connectivity index (χ4v) is 2.03. The smallest absolute Gasteiger partial charge is 0.210 e. The van der Waals surface area contributed by atoms with Gasteiger partial charge in [-0.05, 0) is 18.2 Å². The van der Waals surface area contributed by atoms with E-state index in [1.54, 1.807) is 23.5 Å². The van der Waals surface area contributed by atoms with Crippen LogP contribution in [-0.2, 0) is 4.84 Å². The Bertz CT molecular complexity index is 454. The van der Waals surface area contributed by atoms with Crippen LogP contribution in [0.15, 0.2) is 18.2 Å². The summed E-state index contributed by atoms with van der Waals surface area (Å²) in [5.41, 5.74) is 7.30. The van der Waals surface area contributed by atoms with Crippen molar-refractivity contribution in [2.24, 2.45) is 0 Å². The Hall–Kier alpha value is -1.33. The van der Waals surface area contributed by atoms with E-state index < -0.39 is 0 Å². The largest absolute Gasteiger partial charge is 0.399 e. The van der Waals surface area contributed by atoms with Gasteiger partial charge in [0.2, 0.25) is 5.13 Å². The zero-order valence-electron chi connectivity index (χ0n) is 8.02. The maximum atomic E-state index is 5.66. The van der Waals surface area contributed by atoms with E-state index >= 15 is 0 Å². The average molecular weight is 209 g/mol. The minimum absolute atomic E-state index is 0.731. The lowest BCUT2D eigenvalue weighted by Gasteiger charge is -2.10. The van der Waals surface area contributed by atoms with Gasteiger partial charge in [0.25, 0.3) is 0 Å². The first-order valence-electron chi connectivity index (χ1n) is 4.14. The van der Waals surface area contributed by atoms with Crippen LogP contribution >= 0.6 is 11.3 Å². The maximum absolute atomic E-state index is 5.66. The van der Waals surface area contributed by atoms with Crippen molar-refractivity contribution < 1.29 is 4.84 Å². The van der Waals surface area contributed by atoms with Gasteiger partial charge in [-0.15, -0.1) is 0 Å². The topological polar surface area (TPSA) is 51.4 Å². The number of benzene rings is 1. The fraction of sp³-hybridized carbons (Fsp3) is 0.222. The molecule has 0 atom stereocenters. The summed E-state index contributed by atoms with van der Waals surface area (Å²) in [6, 6.07) is 5.70. The minimum atomic E-state index is 0.731. The molecule has 0 aliphatic carbocycles. The zero-order valence-corrected chi connectivity index (χ0v) is 8.84. The predicted octanol–water partition coefficient (Wildman–Crippen LogP) is 1.88. The molecule has 1 aromatic carbocycles. The summed E-state index contributed by atoms with van der Waals surface area (Å²) in [6.45, 7) is 0. The van der Waals surface area contributed by atoms with Crippen LogP contribution in [-0.4, -0.2) is 19.1 Å². The molecule has 4 nitrogen and oxygen atoms in total. The molecule has 74 valence electrons. The molecule has 2 N–H and O–H groups in total. The molecule has 0 bridgehead atoms. The monoisotopic (exact) mass is 209 g/mol. The van der Waals surface area contributed by atoms with Gasteiger partial charge in [-0.2, -0.15) is 0 Å². The molecule has 1 heterocycles. The predicted molar refractivity (Wildman–Crippen MR) is 59.4 cm³/mol. The molecule has 2 aromatic rings. The number of hydrogen-bond donors (Lipinski definition) is 1. The highest BCUT2D eigenvalue weighted by Crippen LogP contribution is 2.29. The number of hydroxylamine groups is 1. The number of aromatic nitrogens is 1. The lowest BCUT2D eigenvalue weighted by Crippen LogP contribution is -2.13. The fourth-order valence-electron chi connectivity index (χ4n) is 1.15. The molecule has 0 radical (unpaired) electrons. The SMILES string of the molecule is CON(C)c1nc2cc(N)ccc2s1. The van der Waals surface area contributed by atoms with E-state index in [1.807, 2.05) is 25.2 Å². The first-order chi connectivity index (χ1) is 6.70. The highest BCUT2D eigenvalue weighted by molar-refractivity contribution is 7.22. The van der Waals surface area contributed by atoms with E-state index in [4.69, 9.17) is 10.6 Å². The second-order valence-corrected chi connectivity index (χ2v) is 3.91. The molecule has 2 rings (SSSR count). The first kappa shape index (κ1) is 9.23. The molecule has 0 saturated carbocycles. The molecule has 0 aliphatic rings. The van der Waals surface area contributed by atoms with Gasteiger partial charge in [0.05, 0.1) is 17.3 Å². The van der Waals surface area contributed by atoms with Crippen molar-refractivity contribution in [3.63, 3.8) is 0 Å². The molecular formula is C9H11N3OS. The number of thiazole rings is 1. The number of nitrogens with two attached hydrogens (primary N) is 1. The quantitative estimate of drug-likeness (QED) is 0.606. The standard InChI is InChI=1S/C9H11N3OS/c1-12(13-2)9-11-7-5-6(10)3-4-8(7)14-9/h3-5H,10H2,1-2H3. The third-order valence-electron chi connectivity index (χ3n) is 1.94. The van der Waals surface area contributed by atoms with E-state index in [0.717, 1.165) is 21.0 Å². The van der Waals surface area contributed by atoms with E-state index in [0.29, 0.717) is 0 Å². The highest BCUT2D eigenvalue weighted by Gasteiger charge is 2.07. The van der Waals surface area contributed by atoms with E-state index in [1.165, 1.54) is 0 Å². The molecule has 0 unspecified atom stereocenters. The number of hydrogen-bond acceptors (Lipinski definition) is 5. The van der Waals surface area contributed by atoms with Crippen LogP contribution < -0.4 is 10.8 Å². The van der Waals surface area contributed by atoms with Crippen LogP contribution in [0.2, 0.25) is 0 Å². The minimum Gasteiger partial charge on any atom is -0.399 e. The summed E-state index contributed by atoms with van der Waals surface area (Å²) in [7, 11) is 3.43. The lowest BCUT2D eigenvalue weighted by molar-refractivity contribution is 0.184. The summed E-state index contributed by atoms with van der Waals surface area (Å²) in [5, 5.41) is 2.45. The van der Waals surface area contributed by atoms with Gasteiger partial charge >= 0.3 is 0 Å². The van der Waals surface area contributed by atoms with Crippen molar-refractivity contribution in [2.75, 3.05) is 25.0 Å². The zero-order chi connectivity index (χ0) is 10.1. The van der Waals surface area contributed by atoms with Crippen molar-refractivity contribution >= 4 is 32.4 Å².